The second-order valence-electron chi connectivity index (χ2n) is 7.90. The van der Waals surface area contributed by atoms with Crippen molar-refractivity contribution in [3.8, 4) is 10.9 Å². The lowest BCUT2D eigenvalue weighted by atomic mass is 9.95. The van der Waals surface area contributed by atoms with Gasteiger partial charge in [-0.15, -0.1) is 0 Å². The number of piperidine rings is 1. The fraction of sp³-hybridized carbons (Fsp3) is 0.545. The topological polar surface area (TPSA) is 45.7 Å². The van der Waals surface area contributed by atoms with E-state index in [1.807, 2.05) is 11.4 Å². The Morgan fingerprint density at radius 2 is 2.00 bits per heavy atom. The number of aryl methyl sites for hydroxylation is 1. The van der Waals surface area contributed by atoms with Crippen molar-refractivity contribution < 1.29 is 9.53 Å². The zero-order valence-corrected chi connectivity index (χ0v) is 17.4. The number of carbonyl (C=O) groups is 1. The van der Waals surface area contributed by atoms with Gasteiger partial charge in [-0.1, -0.05) is 23.5 Å². The first kappa shape index (κ1) is 19.4. The molecule has 1 amide bonds. The molecule has 0 unspecified atom stereocenters. The Hall–Kier alpha value is -1.92. The first-order valence-electron chi connectivity index (χ1n) is 10.4. The van der Waals surface area contributed by atoms with Gasteiger partial charge in [-0.2, -0.15) is 0 Å². The van der Waals surface area contributed by atoms with E-state index in [4.69, 9.17) is 4.74 Å². The predicted molar refractivity (Wildman–Crippen MR) is 112 cm³/mol. The predicted octanol–water partition coefficient (Wildman–Crippen LogP) is 4.12. The molecule has 4 rings (SSSR count). The molecule has 2 aliphatic heterocycles. The van der Waals surface area contributed by atoms with Crippen molar-refractivity contribution in [1.29, 1.82) is 0 Å². The third kappa shape index (κ3) is 4.73. The van der Waals surface area contributed by atoms with E-state index in [0.717, 1.165) is 63.3 Å². The van der Waals surface area contributed by atoms with Crippen LogP contribution in [-0.2, 0) is 11.2 Å². The number of amides is 1. The molecule has 5 nitrogen and oxygen atoms in total. The SMILES string of the molecule is Cc1cc(CCN2CCC(C(=O)N3CCCC3)CC2)ccc1Oc1nccs1. The largest absolute Gasteiger partial charge is 0.431 e. The van der Waals surface area contributed by atoms with Gasteiger partial charge in [0.2, 0.25) is 5.91 Å². The summed E-state index contributed by atoms with van der Waals surface area (Å²) in [5.41, 5.74) is 2.47. The van der Waals surface area contributed by atoms with Crippen LogP contribution in [0.1, 0.15) is 36.8 Å². The van der Waals surface area contributed by atoms with E-state index in [-0.39, 0.29) is 5.92 Å². The number of thiazole rings is 1. The quantitative estimate of drug-likeness (QED) is 0.733. The number of carbonyl (C=O) groups excluding carboxylic acids is 1. The van der Waals surface area contributed by atoms with E-state index >= 15 is 0 Å². The minimum absolute atomic E-state index is 0.249. The van der Waals surface area contributed by atoms with Crippen molar-refractivity contribution in [3.05, 3.63) is 40.9 Å². The minimum Gasteiger partial charge on any atom is -0.431 e. The fourth-order valence-corrected chi connectivity index (χ4v) is 4.72. The lowest BCUT2D eigenvalue weighted by Crippen LogP contribution is -2.42. The van der Waals surface area contributed by atoms with Crippen LogP contribution in [0.15, 0.2) is 29.8 Å². The minimum atomic E-state index is 0.249. The average molecular weight is 400 g/mol. The van der Waals surface area contributed by atoms with Crippen LogP contribution >= 0.6 is 11.3 Å². The monoisotopic (exact) mass is 399 g/mol. The zero-order valence-electron chi connectivity index (χ0n) is 16.6. The van der Waals surface area contributed by atoms with Crippen LogP contribution in [-0.4, -0.2) is 53.4 Å². The van der Waals surface area contributed by atoms with Gasteiger partial charge in [-0.3, -0.25) is 4.79 Å². The Balaban J connectivity index is 1.24. The number of likely N-dealkylation sites (tertiary alicyclic amines) is 2. The highest BCUT2D eigenvalue weighted by Gasteiger charge is 2.29. The van der Waals surface area contributed by atoms with E-state index in [0.29, 0.717) is 11.1 Å². The van der Waals surface area contributed by atoms with Gasteiger partial charge >= 0.3 is 0 Å². The Morgan fingerprint density at radius 3 is 2.68 bits per heavy atom. The van der Waals surface area contributed by atoms with Crippen LogP contribution in [0, 0.1) is 12.8 Å². The molecule has 0 N–H and O–H groups in total. The summed E-state index contributed by atoms with van der Waals surface area (Å²) in [5, 5.41) is 2.60. The molecule has 0 bridgehead atoms. The molecule has 2 saturated heterocycles. The molecule has 3 heterocycles. The molecule has 0 spiro atoms. The molecular weight excluding hydrogens is 370 g/mol. The van der Waals surface area contributed by atoms with E-state index < -0.39 is 0 Å². The summed E-state index contributed by atoms with van der Waals surface area (Å²) in [6.45, 7) is 7.16. The lowest BCUT2D eigenvalue weighted by molar-refractivity contribution is -0.135. The molecule has 1 aromatic heterocycles. The fourth-order valence-electron chi connectivity index (χ4n) is 4.22. The van der Waals surface area contributed by atoms with Crippen LogP contribution in [0.3, 0.4) is 0 Å². The van der Waals surface area contributed by atoms with Crippen molar-refractivity contribution >= 4 is 17.2 Å². The van der Waals surface area contributed by atoms with Gasteiger partial charge in [0.15, 0.2) is 0 Å². The normalized spacial score (nSPS) is 18.5. The molecule has 2 aliphatic rings. The van der Waals surface area contributed by atoms with Gasteiger partial charge in [0.1, 0.15) is 5.75 Å². The Morgan fingerprint density at radius 1 is 1.21 bits per heavy atom. The molecule has 2 aromatic rings. The average Bonchev–Trinajstić information content (AvgIpc) is 3.42. The lowest BCUT2D eigenvalue weighted by Gasteiger charge is -2.33. The van der Waals surface area contributed by atoms with Crippen molar-refractivity contribution in [3.63, 3.8) is 0 Å². The van der Waals surface area contributed by atoms with E-state index in [9.17, 15) is 4.79 Å². The van der Waals surface area contributed by atoms with Crippen molar-refractivity contribution in [2.45, 2.75) is 39.0 Å². The van der Waals surface area contributed by atoms with E-state index in [1.54, 1.807) is 6.20 Å². The Kier molecular flexibility index (Phi) is 6.27. The summed E-state index contributed by atoms with van der Waals surface area (Å²) in [6, 6.07) is 6.42. The van der Waals surface area contributed by atoms with Gasteiger partial charge in [-0.25, -0.2) is 4.98 Å². The number of nitrogens with zero attached hydrogens (tertiary/aromatic N) is 3. The van der Waals surface area contributed by atoms with E-state index in [1.165, 1.54) is 29.7 Å². The Labute approximate surface area is 171 Å². The highest BCUT2D eigenvalue weighted by atomic mass is 32.1. The second-order valence-corrected chi connectivity index (χ2v) is 8.76. The van der Waals surface area contributed by atoms with Crippen molar-refractivity contribution in [2.75, 3.05) is 32.7 Å². The smallest absolute Gasteiger partial charge is 0.278 e. The third-order valence-corrected chi connectivity index (χ3v) is 6.57. The summed E-state index contributed by atoms with van der Waals surface area (Å²) in [6.07, 6.45) is 7.16. The van der Waals surface area contributed by atoms with Gasteiger partial charge in [0.05, 0.1) is 0 Å². The van der Waals surface area contributed by atoms with Crippen LogP contribution in [0.5, 0.6) is 10.9 Å². The molecule has 0 atom stereocenters. The molecule has 150 valence electrons. The highest BCUT2D eigenvalue weighted by molar-refractivity contribution is 7.11. The molecule has 2 fully saturated rings. The molecule has 28 heavy (non-hydrogen) atoms. The molecule has 1 aromatic carbocycles. The number of hydrogen-bond donors (Lipinski definition) is 0. The second kappa shape index (κ2) is 9.05. The van der Waals surface area contributed by atoms with Crippen LogP contribution in [0.2, 0.25) is 0 Å². The Bertz CT molecular complexity index is 779. The summed E-state index contributed by atoms with van der Waals surface area (Å²) in [5.74, 6) is 1.53. The molecular formula is C22H29N3O2S. The van der Waals surface area contributed by atoms with Crippen LogP contribution < -0.4 is 4.74 Å². The zero-order chi connectivity index (χ0) is 19.3. The molecule has 0 aliphatic carbocycles. The van der Waals surface area contributed by atoms with Crippen LogP contribution in [0.25, 0.3) is 0 Å². The molecule has 0 radical (unpaired) electrons. The van der Waals surface area contributed by atoms with Gasteiger partial charge in [0.25, 0.3) is 5.19 Å². The van der Waals surface area contributed by atoms with Gasteiger partial charge in [-0.05, 0) is 69.3 Å². The number of ether oxygens (including phenoxy) is 1. The van der Waals surface area contributed by atoms with Crippen LogP contribution in [0.4, 0.5) is 0 Å². The summed E-state index contributed by atoms with van der Waals surface area (Å²) in [4.78, 5) is 21.3. The third-order valence-electron chi connectivity index (χ3n) is 5.92. The highest BCUT2D eigenvalue weighted by Crippen LogP contribution is 2.27. The summed E-state index contributed by atoms with van der Waals surface area (Å²) >= 11 is 1.50. The summed E-state index contributed by atoms with van der Waals surface area (Å²) < 4.78 is 5.84. The molecule has 0 saturated carbocycles. The number of aromatic nitrogens is 1. The first-order chi connectivity index (χ1) is 13.7. The maximum Gasteiger partial charge on any atom is 0.278 e. The van der Waals surface area contributed by atoms with E-state index in [2.05, 4.69) is 33.8 Å². The maximum absolute atomic E-state index is 12.6. The van der Waals surface area contributed by atoms with Crippen molar-refractivity contribution in [2.24, 2.45) is 5.92 Å². The standard InChI is InChI=1S/C22H29N3O2S/c1-17-16-18(4-5-20(17)27-22-23-9-15-28-22)6-12-24-13-7-19(8-14-24)21(26)25-10-2-3-11-25/h4-5,9,15-16,19H,2-3,6-8,10-14H2,1H3. The number of rotatable bonds is 6. The maximum atomic E-state index is 12.6. The summed E-state index contributed by atoms with van der Waals surface area (Å²) in [7, 11) is 0. The van der Waals surface area contributed by atoms with Gasteiger partial charge < -0.3 is 14.5 Å². The van der Waals surface area contributed by atoms with Crippen molar-refractivity contribution in [1.82, 2.24) is 14.8 Å². The number of benzene rings is 1. The molecule has 6 heteroatoms. The van der Waals surface area contributed by atoms with Gasteiger partial charge in [0, 0.05) is 37.1 Å². The number of hydrogen-bond acceptors (Lipinski definition) is 5. The first-order valence-corrected chi connectivity index (χ1v) is 11.2.